The average Bonchev–Trinajstić information content (AvgIpc) is 2.92. The van der Waals surface area contributed by atoms with Crippen LogP contribution in [0.25, 0.3) is 0 Å². The van der Waals surface area contributed by atoms with E-state index in [0.29, 0.717) is 5.69 Å². The lowest BCUT2D eigenvalue weighted by Crippen LogP contribution is -2.35. The summed E-state index contributed by atoms with van der Waals surface area (Å²) < 4.78 is 19.8. The van der Waals surface area contributed by atoms with Crippen LogP contribution in [0.1, 0.15) is 17.3 Å². The van der Waals surface area contributed by atoms with E-state index in [2.05, 4.69) is 15.2 Å². The molecular weight excluding hydrogens is 325 g/mol. The lowest BCUT2D eigenvalue weighted by Gasteiger charge is -2.17. The molecule has 2 aromatic rings. The van der Waals surface area contributed by atoms with E-state index < -0.39 is 23.7 Å². The number of hydrogen-bond donors (Lipinski definition) is 1. The molecule has 0 saturated heterocycles. The van der Waals surface area contributed by atoms with E-state index in [1.165, 1.54) is 19.2 Å². The van der Waals surface area contributed by atoms with Crippen LogP contribution in [0.2, 0.25) is 5.02 Å². The van der Waals surface area contributed by atoms with Crippen molar-refractivity contribution in [2.45, 2.75) is 12.5 Å². The van der Waals surface area contributed by atoms with E-state index in [4.69, 9.17) is 11.6 Å². The van der Waals surface area contributed by atoms with E-state index in [1.807, 2.05) is 0 Å². The molecule has 23 heavy (non-hydrogen) atoms. The van der Waals surface area contributed by atoms with Gasteiger partial charge >= 0.3 is 5.97 Å². The smallest absolute Gasteiger partial charge is 0.333 e. The van der Waals surface area contributed by atoms with Crippen molar-refractivity contribution in [2.75, 3.05) is 7.11 Å². The summed E-state index contributed by atoms with van der Waals surface area (Å²) in [4.78, 5) is 24.0. The number of aromatic nitrogens is 2. The molecule has 0 aliphatic carbocycles. The third-order valence-electron chi connectivity index (χ3n) is 3.13. The molecule has 1 atom stereocenters. The van der Waals surface area contributed by atoms with Crippen molar-refractivity contribution in [3.8, 4) is 0 Å². The molecule has 2 rings (SSSR count). The maximum atomic E-state index is 13.6. The van der Waals surface area contributed by atoms with Crippen LogP contribution < -0.4 is 5.32 Å². The molecular formula is C15H15ClFN3O3. The molecule has 0 radical (unpaired) electrons. The van der Waals surface area contributed by atoms with Gasteiger partial charge < -0.3 is 10.1 Å². The van der Waals surface area contributed by atoms with E-state index in [1.54, 1.807) is 24.0 Å². The van der Waals surface area contributed by atoms with E-state index in [-0.39, 0.29) is 17.0 Å². The SMILES string of the molecule is COC(=O)[C@@H](NC(=O)Cc1ccn(C)n1)c1ccc(Cl)c(F)c1. The molecule has 1 heterocycles. The molecule has 1 aromatic heterocycles. The van der Waals surface area contributed by atoms with Crippen molar-refractivity contribution >= 4 is 23.5 Å². The van der Waals surface area contributed by atoms with Gasteiger partial charge in [-0.3, -0.25) is 9.48 Å². The highest BCUT2D eigenvalue weighted by atomic mass is 35.5. The van der Waals surface area contributed by atoms with Crippen molar-refractivity contribution in [2.24, 2.45) is 7.05 Å². The topological polar surface area (TPSA) is 73.2 Å². The predicted molar refractivity (Wildman–Crippen MR) is 81.2 cm³/mol. The van der Waals surface area contributed by atoms with Gasteiger partial charge in [0.25, 0.3) is 0 Å². The monoisotopic (exact) mass is 339 g/mol. The molecule has 0 bridgehead atoms. The number of hydrogen-bond acceptors (Lipinski definition) is 4. The Bertz CT molecular complexity index is 733. The second-order valence-corrected chi connectivity index (χ2v) is 5.26. The van der Waals surface area contributed by atoms with Crippen molar-refractivity contribution in [1.29, 1.82) is 0 Å². The molecule has 1 amide bonds. The molecule has 8 heteroatoms. The van der Waals surface area contributed by atoms with Gasteiger partial charge in [-0.1, -0.05) is 17.7 Å². The minimum atomic E-state index is -1.12. The number of nitrogens with zero attached hydrogens (tertiary/aromatic N) is 2. The maximum Gasteiger partial charge on any atom is 0.333 e. The number of methoxy groups -OCH3 is 1. The molecule has 6 nitrogen and oxygen atoms in total. The first-order chi connectivity index (χ1) is 10.9. The standard InChI is InChI=1S/C15H15ClFN3O3/c1-20-6-5-10(19-20)8-13(21)18-14(15(22)23-2)9-3-4-11(16)12(17)7-9/h3-7,14H,8H2,1-2H3,(H,18,21)/t14-/m0/s1. The highest BCUT2D eigenvalue weighted by Crippen LogP contribution is 2.21. The Kier molecular flexibility index (Phi) is 5.33. The van der Waals surface area contributed by atoms with Crippen LogP contribution in [-0.2, 0) is 27.8 Å². The first-order valence-electron chi connectivity index (χ1n) is 6.71. The number of halogens is 2. The van der Waals surface area contributed by atoms with Gasteiger partial charge in [-0.2, -0.15) is 5.10 Å². The number of carbonyl (C=O) groups excluding carboxylic acids is 2. The molecule has 0 aliphatic heterocycles. The van der Waals surface area contributed by atoms with Gasteiger partial charge in [-0.25, -0.2) is 9.18 Å². The largest absolute Gasteiger partial charge is 0.467 e. The Morgan fingerprint density at radius 3 is 2.74 bits per heavy atom. The number of aryl methyl sites for hydroxylation is 1. The third-order valence-corrected chi connectivity index (χ3v) is 3.44. The van der Waals surface area contributed by atoms with Gasteiger partial charge in [0, 0.05) is 13.2 Å². The molecule has 0 saturated carbocycles. The first kappa shape index (κ1) is 17.0. The Hall–Kier alpha value is -2.41. The van der Waals surface area contributed by atoms with Gasteiger partial charge in [-0.05, 0) is 23.8 Å². The van der Waals surface area contributed by atoms with Gasteiger partial charge in [0.2, 0.25) is 5.91 Å². The normalized spacial score (nSPS) is 11.8. The fourth-order valence-electron chi connectivity index (χ4n) is 2.02. The van der Waals surface area contributed by atoms with Gasteiger partial charge in [0.05, 0.1) is 24.2 Å². The summed E-state index contributed by atoms with van der Waals surface area (Å²) in [6.07, 6.45) is 1.69. The number of nitrogens with one attached hydrogen (secondary N) is 1. The van der Waals surface area contributed by atoms with E-state index in [0.717, 1.165) is 6.07 Å². The number of rotatable bonds is 5. The number of esters is 1. The Morgan fingerprint density at radius 2 is 2.17 bits per heavy atom. The highest BCUT2D eigenvalue weighted by Gasteiger charge is 2.24. The lowest BCUT2D eigenvalue weighted by atomic mass is 10.1. The zero-order valence-corrected chi connectivity index (χ0v) is 13.3. The van der Waals surface area contributed by atoms with Crippen LogP contribution in [0, 0.1) is 5.82 Å². The van der Waals surface area contributed by atoms with Gasteiger partial charge in [-0.15, -0.1) is 0 Å². The lowest BCUT2D eigenvalue weighted by molar-refractivity contribution is -0.145. The predicted octanol–water partition coefficient (Wildman–Crippen LogP) is 1.79. The number of carbonyl (C=O) groups is 2. The number of benzene rings is 1. The van der Waals surface area contributed by atoms with Crippen LogP contribution in [0.3, 0.4) is 0 Å². The molecule has 122 valence electrons. The van der Waals surface area contributed by atoms with Crippen molar-refractivity contribution in [3.63, 3.8) is 0 Å². The molecule has 1 N–H and O–H groups in total. The first-order valence-corrected chi connectivity index (χ1v) is 7.09. The Balaban J connectivity index is 2.16. The van der Waals surface area contributed by atoms with Crippen LogP contribution in [0.5, 0.6) is 0 Å². The minimum Gasteiger partial charge on any atom is -0.467 e. The number of ether oxygens (including phenoxy) is 1. The second-order valence-electron chi connectivity index (χ2n) is 4.85. The highest BCUT2D eigenvalue weighted by molar-refractivity contribution is 6.30. The average molecular weight is 340 g/mol. The Labute approximate surface area is 137 Å². The summed E-state index contributed by atoms with van der Waals surface area (Å²) in [5.41, 5.74) is 0.795. The second kappa shape index (κ2) is 7.23. The van der Waals surface area contributed by atoms with E-state index in [9.17, 15) is 14.0 Å². The third kappa shape index (κ3) is 4.29. The van der Waals surface area contributed by atoms with Gasteiger partial charge in [0.15, 0.2) is 6.04 Å². The van der Waals surface area contributed by atoms with E-state index >= 15 is 0 Å². The van der Waals surface area contributed by atoms with Crippen molar-refractivity contribution in [3.05, 3.63) is 52.6 Å². The summed E-state index contributed by atoms with van der Waals surface area (Å²) in [5.74, 6) is -1.83. The zero-order chi connectivity index (χ0) is 17.0. The summed E-state index contributed by atoms with van der Waals surface area (Å²) in [6.45, 7) is 0. The molecule has 0 aliphatic rings. The maximum absolute atomic E-state index is 13.6. The van der Waals surface area contributed by atoms with Gasteiger partial charge in [0.1, 0.15) is 5.82 Å². The molecule has 0 fully saturated rings. The van der Waals surface area contributed by atoms with Crippen LogP contribution in [-0.4, -0.2) is 28.8 Å². The summed E-state index contributed by atoms with van der Waals surface area (Å²) >= 11 is 5.63. The zero-order valence-electron chi connectivity index (χ0n) is 12.5. The van der Waals surface area contributed by atoms with Crippen LogP contribution in [0.4, 0.5) is 4.39 Å². The number of amides is 1. The van der Waals surface area contributed by atoms with Crippen molar-refractivity contribution in [1.82, 2.24) is 15.1 Å². The fourth-order valence-corrected chi connectivity index (χ4v) is 2.14. The molecule has 0 spiro atoms. The summed E-state index contributed by atoms with van der Waals surface area (Å²) in [7, 11) is 2.92. The minimum absolute atomic E-state index is 0.00952. The van der Waals surface area contributed by atoms with Crippen LogP contribution in [0.15, 0.2) is 30.5 Å². The fraction of sp³-hybridized carbons (Fsp3) is 0.267. The van der Waals surface area contributed by atoms with Crippen LogP contribution >= 0.6 is 11.6 Å². The molecule has 0 unspecified atom stereocenters. The molecule has 1 aromatic carbocycles. The van der Waals surface area contributed by atoms with Crippen molar-refractivity contribution < 1.29 is 18.7 Å². The Morgan fingerprint density at radius 1 is 1.43 bits per heavy atom. The quantitative estimate of drug-likeness (QED) is 0.843. The summed E-state index contributed by atoms with van der Waals surface area (Å²) in [6, 6.07) is 4.42. The summed E-state index contributed by atoms with van der Waals surface area (Å²) in [5, 5.41) is 6.53.